The summed E-state index contributed by atoms with van der Waals surface area (Å²) < 4.78 is 5.97. The predicted octanol–water partition coefficient (Wildman–Crippen LogP) is 6.08. The number of hydrogen-bond donors (Lipinski definition) is 0. The van der Waals surface area contributed by atoms with E-state index in [1.54, 1.807) is 0 Å². The molecule has 0 radical (unpaired) electrons. The molecule has 30 heavy (non-hydrogen) atoms. The second-order valence-corrected chi connectivity index (χ2v) is 8.03. The van der Waals surface area contributed by atoms with Gasteiger partial charge in [0.25, 0.3) is 0 Å². The number of benzene rings is 2. The highest BCUT2D eigenvalue weighted by Crippen LogP contribution is 2.27. The number of anilines is 1. The minimum absolute atomic E-state index is 0. The van der Waals surface area contributed by atoms with E-state index >= 15 is 0 Å². The molecule has 1 saturated heterocycles. The normalized spacial score (nSPS) is 15.4. The fourth-order valence-corrected chi connectivity index (χ4v) is 4.44. The molecule has 1 aliphatic heterocycles. The van der Waals surface area contributed by atoms with Crippen LogP contribution in [0.1, 0.15) is 30.4 Å². The third-order valence-electron chi connectivity index (χ3n) is 5.77. The Morgan fingerprint density at radius 1 is 0.833 bits per heavy atom. The molecule has 0 spiro atoms. The quantitative estimate of drug-likeness (QED) is 0.435. The average Bonchev–Trinajstić information content (AvgIpc) is 3.17. The maximum absolute atomic E-state index is 6.32. The van der Waals surface area contributed by atoms with E-state index < -0.39 is 0 Å². The first kappa shape index (κ1) is 27.2. The van der Waals surface area contributed by atoms with Crippen LogP contribution in [0.25, 0.3) is 0 Å². The van der Waals surface area contributed by atoms with Gasteiger partial charge in [-0.3, -0.25) is 4.90 Å². The van der Waals surface area contributed by atoms with Crippen molar-refractivity contribution in [1.29, 1.82) is 0 Å². The number of hydrogen-bond acceptors (Lipinski definition) is 3. The lowest BCUT2D eigenvalue weighted by atomic mass is 10.1. The minimum atomic E-state index is 0. The third-order valence-corrected chi connectivity index (χ3v) is 6.09. The van der Waals surface area contributed by atoms with Crippen LogP contribution in [0, 0.1) is 0 Å². The second-order valence-electron chi connectivity index (χ2n) is 7.62. The SMILES string of the molecule is Cl.Cl.Cl.Clc1ccccc1N1CCN(CCCCOc2ccc3c(c2)CCC3)CC1. The molecule has 0 unspecified atom stereocenters. The van der Waals surface area contributed by atoms with Crippen LogP contribution in [0.15, 0.2) is 42.5 Å². The van der Waals surface area contributed by atoms with Gasteiger partial charge in [-0.15, -0.1) is 37.2 Å². The van der Waals surface area contributed by atoms with Crippen LogP contribution >= 0.6 is 48.8 Å². The van der Waals surface area contributed by atoms with Gasteiger partial charge in [-0.1, -0.05) is 29.8 Å². The first-order valence-electron chi connectivity index (χ1n) is 10.3. The fraction of sp³-hybridized carbons (Fsp3) is 0.478. The molecule has 1 aliphatic carbocycles. The van der Waals surface area contributed by atoms with Crippen molar-refractivity contribution >= 4 is 54.5 Å². The van der Waals surface area contributed by atoms with Gasteiger partial charge in [0, 0.05) is 26.2 Å². The molecule has 7 heteroatoms. The van der Waals surface area contributed by atoms with Gasteiger partial charge in [-0.2, -0.15) is 0 Å². The Kier molecular flexibility index (Phi) is 12.3. The van der Waals surface area contributed by atoms with Gasteiger partial charge in [0.15, 0.2) is 0 Å². The van der Waals surface area contributed by atoms with Gasteiger partial charge < -0.3 is 9.64 Å². The van der Waals surface area contributed by atoms with E-state index in [0.717, 1.165) is 56.5 Å². The monoisotopic (exact) mass is 492 g/mol. The maximum atomic E-state index is 6.32. The zero-order valence-corrected chi connectivity index (χ0v) is 20.4. The number of ether oxygens (including phenoxy) is 1. The van der Waals surface area contributed by atoms with Crippen molar-refractivity contribution in [2.45, 2.75) is 32.1 Å². The van der Waals surface area contributed by atoms with E-state index in [1.165, 1.54) is 42.5 Å². The molecule has 0 saturated carbocycles. The zero-order valence-electron chi connectivity index (χ0n) is 17.2. The van der Waals surface area contributed by atoms with Gasteiger partial charge in [-0.25, -0.2) is 0 Å². The predicted molar refractivity (Wildman–Crippen MR) is 135 cm³/mol. The standard InChI is InChI=1S/C23H29ClN2O.3ClH/c24-22-8-1-2-9-23(22)26-15-13-25(14-16-26)12-3-4-17-27-21-11-10-19-6-5-7-20(19)18-21;;;/h1-2,8-11,18H,3-7,12-17H2;3*1H. The lowest BCUT2D eigenvalue weighted by molar-refractivity contribution is 0.238. The van der Waals surface area contributed by atoms with Crippen LogP contribution in [0.5, 0.6) is 5.75 Å². The number of aryl methyl sites for hydroxylation is 2. The fourth-order valence-electron chi connectivity index (χ4n) is 4.19. The lowest BCUT2D eigenvalue weighted by Gasteiger charge is -2.36. The number of piperazine rings is 1. The van der Waals surface area contributed by atoms with E-state index in [-0.39, 0.29) is 37.2 Å². The smallest absolute Gasteiger partial charge is 0.119 e. The summed E-state index contributed by atoms with van der Waals surface area (Å²) >= 11 is 6.32. The molecule has 4 rings (SSSR count). The van der Waals surface area contributed by atoms with Crippen LogP contribution in [-0.4, -0.2) is 44.2 Å². The van der Waals surface area contributed by atoms with Gasteiger partial charge in [0.2, 0.25) is 0 Å². The molecule has 1 fully saturated rings. The first-order valence-corrected chi connectivity index (χ1v) is 10.6. The molecule has 0 atom stereocenters. The van der Waals surface area contributed by atoms with E-state index in [2.05, 4.69) is 40.1 Å². The number of fused-ring (bicyclic) bond motifs is 1. The Bertz CT molecular complexity index is 767. The maximum Gasteiger partial charge on any atom is 0.119 e. The van der Waals surface area contributed by atoms with Crippen LogP contribution in [0.3, 0.4) is 0 Å². The highest BCUT2D eigenvalue weighted by Gasteiger charge is 2.18. The summed E-state index contributed by atoms with van der Waals surface area (Å²) in [5.74, 6) is 1.05. The Morgan fingerprint density at radius 2 is 1.57 bits per heavy atom. The Labute approximate surface area is 204 Å². The number of nitrogens with zero attached hydrogens (tertiary/aromatic N) is 2. The number of para-hydroxylation sites is 1. The van der Waals surface area contributed by atoms with Crippen molar-refractivity contribution in [2.24, 2.45) is 0 Å². The molecule has 168 valence electrons. The lowest BCUT2D eigenvalue weighted by Crippen LogP contribution is -2.46. The molecule has 2 aromatic rings. The van der Waals surface area contributed by atoms with Crippen molar-refractivity contribution in [3.8, 4) is 5.75 Å². The van der Waals surface area contributed by atoms with Crippen molar-refractivity contribution in [1.82, 2.24) is 4.90 Å². The van der Waals surface area contributed by atoms with E-state index in [9.17, 15) is 0 Å². The van der Waals surface area contributed by atoms with Gasteiger partial charge in [0.05, 0.1) is 17.3 Å². The molecular formula is C23H32Cl4N2O. The van der Waals surface area contributed by atoms with Crippen LogP contribution in [0.2, 0.25) is 5.02 Å². The summed E-state index contributed by atoms with van der Waals surface area (Å²) in [6, 6.07) is 14.8. The number of unbranched alkanes of at least 4 members (excludes halogenated alkanes) is 1. The molecule has 0 N–H and O–H groups in total. The largest absolute Gasteiger partial charge is 0.494 e. The zero-order chi connectivity index (χ0) is 18.5. The summed E-state index contributed by atoms with van der Waals surface area (Å²) in [5.41, 5.74) is 4.17. The molecule has 1 heterocycles. The Hall–Kier alpha value is -0.840. The van der Waals surface area contributed by atoms with E-state index in [0.29, 0.717) is 0 Å². The minimum Gasteiger partial charge on any atom is -0.494 e. The van der Waals surface area contributed by atoms with Crippen molar-refractivity contribution in [3.05, 3.63) is 58.6 Å². The summed E-state index contributed by atoms with van der Waals surface area (Å²) in [6.07, 6.45) is 6.05. The number of halogens is 4. The summed E-state index contributed by atoms with van der Waals surface area (Å²) in [6.45, 7) is 6.29. The van der Waals surface area contributed by atoms with Gasteiger partial charge in [-0.05, 0) is 74.0 Å². The molecule has 0 bridgehead atoms. The Balaban J connectivity index is 0.00000150. The second kappa shape index (κ2) is 13.5. The van der Waals surface area contributed by atoms with Gasteiger partial charge >= 0.3 is 0 Å². The van der Waals surface area contributed by atoms with Crippen molar-refractivity contribution < 1.29 is 4.74 Å². The Morgan fingerprint density at radius 3 is 2.33 bits per heavy atom. The highest BCUT2D eigenvalue weighted by atomic mass is 35.5. The van der Waals surface area contributed by atoms with E-state index in [4.69, 9.17) is 16.3 Å². The van der Waals surface area contributed by atoms with Gasteiger partial charge in [0.1, 0.15) is 5.75 Å². The molecule has 2 aromatic carbocycles. The highest BCUT2D eigenvalue weighted by molar-refractivity contribution is 6.33. The summed E-state index contributed by atoms with van der Waals surface area (Å²) in [7, 11) is 0. The molecular weight excluding hydrogens is 462 g/mol. The van der Waals surface area contributed by atoms with Crippen LogP contribution in [-0.2, 0) is 12.8 Å². The molecule has 2 aliphatic rings. The summed E-state index contributed by atoms with van der Waals surface area (Å²) in [5, 5.41) is 0.856. The van der Waals surface area contributed by atoms with Crippen molar-refractivity contribution in [3.63, 3.8) is 0 Å². The third kappa shape index (κ3) is 7.10. The average molecular weight is 494 g/mol. The van der Waals surface area contributed by atoms with E-state index in [1.807, 2.05) is 12.1 Å². The molecule has 0 amide bonds. The van der Waals surface area contributed by atoms with Crippen LogP contribution < -0.4 is 9.64 Å². The van der Waals surface area contributed by atoms with Crippen molar-refractivity contribution in [2.75, 3.05) is 44.2 Å². The molecule has 3 nitrogen and oxygen atoms in total. The first-order chi connectivity index (χ1) is 13.3. The summed E-state index contributed by atoms with van der Waals surface area (Å²) in [4.78, 5) is 4.96. The topological polar surface area (TPSA) is 15.7 Å². The molecule has 0 aromatic heterocycles. The number of rotatable bonds is 7. The van der Waals surface area contributed by atoms with Crippen LogP contribution in [0.4, 0.5) is 5.69 Å².